The van der Waals surface area contributed by atoms with Crippen LogP contribution < -0.4 is 10.6 Å². The van der Waals surface area contributed by atoms with Gasteiger partial charge < -0.3 is 25.4 Å². The SMILES string of the molecule is CC(C)NC(=O)C1N([C@@H](CO)C(C)C)C(=O)[C@@H]2[C@H](C(=O)Nc3ccccc3)[C@@]3(C)OC12CC3C. The lowest BCUT2D eigenvalue weighted by Gasteiger charge is -2.38. The van der Waals surface area contributed by atoms with Crippen molar-refractivity contribution in [3.8, 4) is 0 Å². The lowest BCUT2D eigenvalue weighted by molar-refractivity contribution is -0.151. The van der Waals surface area contributed by atoms with Crippen LogP contribution in [-0.4, -0.2) is 63.7 Å². The lowest BCUT2D eigenvalue weighted by atomic mass is 9.62. The van der Waals surface area contributed by atoms with Crippen molar-refractivity contribution in [3.05, 3.63) is 30.3 Å². The molecule has 7 atom stereocenters. The van der Waals surface area contributed by atoms with E-state index in [1.165, 1.54) is 4.90 Å². The fourth-order valence-corrected chi connectivity index (χ4v) is 6.46. The molecule has 1 spiro atoms. The molecule has 3 aliphatic rings. The van der Waals surface area contributed by atoms with Gasteiger partial charge in [-0.25, -0.2) is 0 Å². The number of hydrogen-bond donors (Lipinski definition) is 3. The molecule has 3 N–H and O–H groups in total. The number of likely N-dealkylation sites (tertiary alicyclic amines) is 1. The van der Waals surface area contributed by atoms with Crippen molar-refractivity contribution in [1.82, 2.24) is 10.2 Å². The standard InChI is InChI=1S/C26H37N3O5/c1-14(2)18(13-30)29-21(23(32)27-15(3)4)26-12-16(5)25(6,34-26)19(20(26)24(29)33)22(31)28-17-10-8-7-9-11-17/h7-11,14-16,18-21,30H,12-13H2,1-6H3,(H,27,32)(H,28,31)/t16?,18-,19+,20-,21?,25-,26?/m0/s1. The molecule has 1 aromatic rings. The summed E-state index contributed by atoms with van der Waals surface area (Å²) in [5.41, 5.74) is -1.35. The minimum absolute atomic E-state index is 0.0380. The number of fused-ring (bicyclic) bond motifs is 1. The van der Waals surface area contributed by atoms with E-state index in [9.17, 15) is 19.5 Å². The molecule has 186 valence electrons. The molecule has 3 heterocycles. The van der Waals surface area contributed by atoms with Crippen LogP contribution in [0.4, 0.5) is 5.69 Å². The molecular formula is C26H37N3O5. The lowest BCUT2D eigenvalue weighted by Crippen LogP contribution is -2.59. The number of nitrogens with one attached hydrogen (secondary N) is 2. The zero-order valence-corrected chi connectivity index (χ0v) is 20.9. The van der Waals surface area contributed by atoms with Crippen molar-refractivity contribution >= 4 is 23.4 Å². The molecule has 1 aromatic carbocycles. The average molecular weight is 472 g/mol. The Morgan fingerprint density at radius 2 is 1.82 bits per heavy atom. The summed E-state index contributed by atoms with van der Waals surface area (Å²) in [7, 11) is 0. The molecule has 3 amide bonds. The Kier molecular flexibility index (Phi) is 6.27. The van der Waals surface area contributed by atoms with E-state index in [1.807, 2.05) is 59.7 Å². The summed E-state index contributed by atoms with van der Waals surface area (Å²) in [4.78, 5) is 42.8. The van der Waals surface area contributed by atoms with Gasteiger partial charge in [0.1, 0.15) is 11.6 Å². The van der Waals surface area contributed by atoms with Crippen molar-refractivity contribution in [2.24, 2.45) is 23.7 Å². The van der Waals surface area contributed by atoms with Crippen LogP contribution in [0.2, 0.25) is 0 Å². The van der Waals surface area contributed by atoms with Crippen LogP contribution in [0, 0.1) is 23.7 Å². The summed E-state index contributed by atoms with van der Waals surface area (Å²) in [5.74, 6) is -2.55. The zero-order valence-electron chi connectivity index (χ0n) is 20.9. The van der Waals surface area contributed by atoms with Crippen LogP contribution in [-0.2, 0) is 19.1 Å². The fraction of sp³-hybridized carbons (Fsp3) is 0.654. The number of rotatable bonds is 7. The van der Waals surface area contributed by atoms with Gasteiger partial charge in [0.25, 0.3) is 0 Å². The molecule has 3 aliphatic heterocycles. The summed E-state index contributed by atoms with van der Waals surface area (Å²) in [5, 5.41) is 16.1. The maximum absolute atomic E-state index is 14.1. The number of benzene rings is 1. The maximum Gasteiger partial charge on any atom is 0.246 e. The molecule has 2 bridgehead atoms. The van der Waals surface area contributed by atoms with Crippen LogP contribution in [0.15, 0.2) is 30.3 Å². The second-order valence-electron chi connectivity index (χ2n) is 11.0. The third-order valence-corrected chi connectivity index (χ3v) is 8.07. The predicted octanol–water partition coefficient (Wildman–Crippen LogP) is 2.18. The van der Waals surface area contributed by atoms with Crippen LogP contribution in [0.1, 0.15) is 48.0 Å². The molecule has 3 saturated heterocycles. The van der Waals surface area contributed by atoms with Gasteiger partial charge in [-0.15, -0.1) is 0 Å². The highest BCUT2D eigenvalue weighted by Crippen LogP contribution is 2.65. The van der Waals surface area contributed by atoms with Crippen molar-refractivity contribution in [2.45, 2.75) is 77.3 Å². The molecule has 3 unspecified atom stereocenters. The highest BCUT2D eigenvalue weighted by molar-refractivity contribution is 6.02. The number of aliphatic hydroxyl groups is 1. The third-order valence-electron chi connectivity index (χ3n) is 8.07. The van der Waals surface area contributed by atoms with Gasteiger partial charge in [0.2, 0.25) is 17.7 Å². The smallest absolute Gasteiger partial charge is 0.246 e. The number of anilines is 1. The van der Waals surface area contributed by atoms with E-state index < -0.39 is 35.1 Å². The molecule has 8 nitrogen and oxygen atoms in total. The summed E-state index contributed by atoms with van der Waals surface area (Å²) in [6.45, 7) is 11.2. The van der Waals surface area contributed by atoms with Crippen molar-refractivity contribution in [1.29, 1.82) is 0 Å². The van der Waals surface area contributed by atoms with Crippen LogP contribution in [0.3, 0.4) is 0 Å². The van der Waals surface area contributed by atoms with E-state index in [4.69, 9.17) is 4.74 Å². The van der Waals surface area contributed by atoms with Gasteiger partial charge in [0, 0.05) is 11.7 Å². The van der Waals surface area contributed by atoms with E-state index in [-0.39, 0.29) is 42.2 Å². The first-order valence-electron chi connectivity index (χ1n) is 12.3. The fourth-order valence-electron chi connectivity index (χ4n) is 6.46. The number of nitrogens with zero attached hydrogens (tertiary/aromatic N) is 1. The van der Waals surface area contributed by atoms with E-state index in [1.54, 1.807) is 12.1 Å². The van der Waals surface area contributed by atoms with Crippen LogP contribution >= 0.6 is 0 Å². The largest absolute Gasteiger partial charge is 0.394 e. The Morgan fingerprint density at radius 1 is 1.18 bits per heavy atom. The second kappa shape index (κ2) is 8.64. The first-order chi connectivity index (χ1) is 16.0. The van der Waals surface area contributed by atoms with Crippen molar-refractivity contribution < 1.29 is 24.2 Å². The Morgan fingerprint density at radius 3 is 2.38 bits per heavy atom. The highest BCUT2D eigenvalue weighted by Gasteiger charge is 2.80. The van der Waals surface area contributed by atoms with Gasteiger partial charge in [0.05, 0.1) is 30.1 Å². The van der Waals surface area contributed by atoms with E-state index in [0.29, 0.717) is 12.1 Å². The number of hydrogen-bond acceptors (Lipinski definition) is 5. The molecule has 0 aliphatic carbocycles. The Hall–Kier alpha value is -2.45. The molecule has 0 aromatic heterocycles. The minimum atomic E-state index is -1.12. The van der Waals surface area contributed by atoms with Gasteiger partial charge in [-0.05, 0) is 51.2 Å². The third kappa shape index (κ3) is 3.53. The van der Waals surface area contributed by atoms with Crippen molar-refractivity contribution in [3.63, 3.8) is 0 Å². The minimum Gasteiger partial charge on any atom is -0.394 e. The van der Waals surface area contributed by atoms with Gasteiger partial charge in [-0.2, -0.15) is 0 Å². The monoisotopic (exact) mass is 471 g/mol. The Labute approximate surface area is 201 Å². The zero-order chi connectivity index (χ0) is 25.0. The number of amides is 3. The predicted molar refractivity (Wildman–Crippen MR) is 128 cm³/mol. The van der Waals surface area contributed by atoms with Gasteiger partial charge in [0.15, 0.2) is 0 Å². The highest BCUT2D eigenvalue weighted by atomic mass is 16.5. The Bertz CT molecular complexity index is 966. The summed E-state index contributed by atoms with van der Waals surface area (Å²) < 4.78 is 6.68. The average Bonchev–Trinajstić information content (AvgIpc) is 3.26. The number of aliphatic hydroxyl groups excluding tert-OH is 1. The Balaban J connectivity index is 1.80. The molecule has 8 heteroatoms. The molecule has 4 rings (SSSR count). The second-order valence-corrected chi connectivity index (χ2v) is 11.0. The molecule has 3 fully saturated rings. The van der Waals surface area contributed by atoms with E-state index >= 15 is 0 Å². The van der Waals surface area contributed by atoms with Crippen LogP contribution in [0.25, 0.3) is 0 Å². The molecule has 0 saturated carbocycles. The molecule has 0 radical (unpaired) electrons. The summed E-state index contributed by atoms with van der Waals surface area (Å²) in [6, 6.07) is 7.54. The number of carbonyl (C=O) groups is 3. The van der Waals surface area contributed by atoms with E-state index in [0.717, 1.165) is 0 Å². The van der Waals surface area contributed by atoms with Crippen molar-refractivity contribution in [2.75, 3.05) is 11.9 Å². The molecule has 34 heavy (non-hydrogen) atoms. The molecular weight excluding hydrogens is 434 g/mol. The number of carbonyl (C=O) groups excluding carboxylic acids is 3. The van der Waals surface area contributed by atoms with Gasteiger partial charge in [-0.3, -0.25) is 14.4 Å². The number of ether oxygens (including phenoxy) is 1. The first kappa shape index (κ1) is 24.7. The van der Waals surface area contributed by atoms with Gasteiger partial charge in [-0.1, -0.05) is 39.0 Å². The van der Waals surface area contributed by atoms with Crippen LogP contribution in [0.5, 0.6) is 0 Å². The topological polar surface area (TPSA) is 108 Å². The quantitative estimate of drug-likeness (QED) is 0.565. The van der Waals surface area contributed by atoms with E-state index in [2.05, 4.69) is 10.6 Å². The first-order valence-corrected chi connectivity index (χ1v) is 12.3. The normalized spacial score (nSPS) is 35.1. The van der Waals surface area contributed by atoms with Gasteiger partial charge >= 0.3 is 0 Å². The summed E-state index contributed by atoms with van der Waals surface area (Å²) in [6.07, 6.45) is 0.498. The number of para-hydroxylation sites is 1. The maximum atomic E-state index is 14.1. The summed E-state index contributed by atoms with van der Waals surface area (Å²) >= 11 is 0.